The molecule has 0 aliphatic heterocycles. The quantitative estimate of drug-likeness (QED) is 0.676. The lowest BCUT2D eigenvalue weighted by molar-refractivity contribution is 0.0946. The van der Waals surface area contributed by atoms with Crippen LogP contribution in [-0.2, 0) is 6.54 Å². The lowest BCUT2D eigenvalue weighted by atomic mass is 10.1. The average Bonchev–Trinajstić information content (AvgIpc) is 2.98. The Morgan fingerprint density at radius 3 is 2.85 bits per heavy atom. The fourth-order valence-electron chi connectivity index (χ4n) is 2.08. The zero-order valence-electron chi connectivity index (χ0n) is 10.6. The SMILES string of the molecule is O=C(NCc1cc[nH]c1)c1cc2ccccc2c(=O)[nH]1. The normalized spacial score (nSPS) is 10.6. The molecule has 1 aromatic carbocycles. The molecule has 1 amide bonds. The third-order valence-electron chi connectivity index (χ3n) is 3.11. The first-order chi connectivity index (χ1) is 9.74. The summed E-state index contributed by atoms with van der Waals surface area (Å²) in [5.74, 6) is -0.297. The Morgan fingerprint density at radius 2 is 2.05 bits per heavy atom. The van der Waals surface area contributed by atoms with E-state index in [9.17, 15) is 9.59 Å². The van der Waals surface area contributed by atoms with Crippen molar-refractivity contribution >= 4 is 16.7 Å². The molecule has 100 valence electrons. The van der Waals surface area contributed by atoms with E-state index in [1.54, 1.807) is 24.4 Å². The molecule has 0 saturated heterocycles. The molecule has 0 atom stereocenters. The smallest absolute Gasteiger partial charge is 0.268 e. The van der Waals surface area contributed by atoms with Gasteiger partial charge in [-0.1, -0.05) is 18.2 Å². The van der Waals surface area contributed by atoms with Gasteiger partial charge in [0.2, 0.25) is 0 Å². The highest BCUT2D eigenvalue weighted by molar-refractivity contribution is 5.96. The third kappa shape index (κ3) is 2.33. The first-order valence-electron chi connectivity index (χ1n) is 6.26. The van der Waals surface area contributed by atoms with Gasteiger partial charge >= 0.3 is 0 Å². The van der Waals surface area contributed by atoms with Gasteiger partial charge in [0.25, 0.3) is 11.5 Å². The summed E-state index contributed by atoms with van der Waals surface area (Å²) in [6.45, 7) is 0.414. The van der Waals surface area contributed by atoms with E-state index in [-0.39, 0.29) is 17.2 Å². The van der Waals surface area contributed by atoms with E-state index in [4.69, 9.17) is 0 Å². The Hall–Kier alpha value is -2.82. The van der Waals surface area contributed by atoms with E-state index in [0.29, 0.717) is 11.9 Å². The van der Waals surface area contributed by atoms with Crippen molar-refractivity contribution < 1.29 is 4.79 Å². The van der Waals surface area contributed by atoms with E-state index in [2.05, 4.69) is 15.3 Å². The van der Waals surface area contributed by atoms with Crippen molar-refractivity contribution in [1.82, 2.24) is 15.3 Å². The summed E-state index contributed by atoms with van der Waals surface area (Å²) in [4.78, 5) is 29.5. The first kappa shape index (κ1) is 12.2. The number of rotatable bonds is 3. The number of nitrogens with one attached hydrogen (secondary N) is 3. The fraction of sp³-hybridized carbons (Fsp3) is 0.0667. The highest BCUT2D eigenvalue weighted by Gasteiger charge is 2.09. The van der Waals surface area contributed by atoms with E-state index in [1.165, 1.54) is 0 Å². The molecule has 0 aliphatic carbocycles. The minimum Gasteiger partial charge on any atom is -0.367 e. The molecule has 0 aliphatic rings. The molecule has 0 saturated carbocycles. The largest absolute Gasteiger partial charge is 0.367 e. The minimum absolute atomic E-state index is 0.255. The van der Waals surface area contributed by atoms with Gasteiger partial charge in [-0.25, -0.2) is 0 Å². The minimum atomic E-state index is -0.297. The first-order valence-corrected chi connectivity index (χ1v) is 6.26. The van der Waals surface area contributed by atoms with Gasteiger partial charge in [0.1, 0.15) is 5.69 Å². The van der Waals surface area contributed by atoms with Crippen molar-refractivity contribution in [1.29, 1.82) is 0 Å². The third-order valence-corrected chi connectivity index (χ3v) is 3.11. The molecular formula is C15H13N3O2. The summed E-state index contributed by atoms with van der Waals surface area (Å²) in [5.41, 5.74) is 0.987. The molecule has 0 fully saturated rings. The maximum Gasteiger partial charge on any atom is 0.268 e. The summed E-state index contributed by atoms with van der Waals surface area (Å²) in [6, 6.07) is 10.7. The number of fused-ring (bicyclic) bond motifs is 1. The maximum atomic E-state index is 12.0. The molecule has 0 bridgehead atoms. The lowest BCUT2D eigenvalue weighted by Crippen LogP contribution is -2.25. The molecular weight excluding hydrogens is 254 g/mol. The molecule has 3 aromatic rings. The molecule has 5 heteroatoms. The van der Waals surface area contributed by atoms with Crippen LogP contribution in [-0.4, -0.2) is 15.9 Å². The van der Waals surface area contributed by atoms with Gasteiger partial charge in [-0.05, 0) is 29.1 Å². The van der Waals surface area contributed by atoms with Gasteiger partial charge in [-0.3, -0.25) is 9.59 Å². The summed E-state index contributed by atoms with van der Waals surface area (Å²) < 4.78 is 0. The van der Waals surface area contributed by atoms with Gasteiger partial charge < -0.3 is 15.3 Å². The summed E-state index contributed by atoms with van der Waals surface area (Å²) in [7, 11) is 0. The van der Waals surface area contributed by atoms with Crippen LogP contribution in [0.5, 0.6) is 0 Å². The van der Waals surface area contributed by atoms with Crippen molar-refractivity contribution in [2.45, 2.75) is 6.54 Å². The van der Waals surface area contributed by atoms with E-state index in [0.717, 1.165) is 10.9 Å². The van der Waals surface area contributed by atoms with Crippen LogP contribution in [0.2, 0.25) is 0 Å². The van der Waals surface area contributed by atoms with Crippen molar-refractivity contribution in [3.63, 3.8) is 0 Å². The highest BCUT2D eigenvalue weighted by Crippen LogP contribution is 2.09. The van der Waals surface area contributed by atoms with Crippen LogP contribution in [0.4, 0.5) is 0 Å². The number of pyridine rings is 1. The number of aromatic nitrogens is 2. The predicted molar refractivity (Wildman–Crippen MR) is 76.5 cm³/mol. The highest BCUT2D eigenvalue weighted by atomic mass is 16.2. The molecule has 0 spiro atoms. The Bertz CT molecular complexity index is 803. The van der Waals surface area contributed by atoms with Gasteiger partial charge in [-0.2, -0.15) is 0 Å². The Balaban J connectivity index is 1.86. The van der Waals surface area contributed by atoms with Crippen LogP contribution in [0.15, 0.2) is 53.6 Å². The van der Waals surface area contributed by atoms with Crippen molar-refractivity contribution in [3.8, 4) is 0 Å². The van der Waals surface area contributed by atoms with Crippen LogP contribution < -0.4 is 10.9 Å². The number of aromatic amines is 2. The number of H-pyrrole nitrogens is 2. The Morgan fingerprint density at radius 1 is 1.20 bits per heavy atom. The Kier molecular flexibility index (Phi) is 3.09. The van der Waals surface area contributed by atoms with Crippen molar-refractivity contribution in [3.05, 3.63) is 70.4 Å². The molecule has 3 N–H and O–H groups in total. The molecule has 20 heavy (non-hydrogen) atoms. The molecule has 3 rings (SSSR count). The second-order valence-corrected chi connectivity index (χ2v) is 4.50. The monoisotopic (exact) mass is 267 g/mol. The predicted octanol–water partition coefficient (Wildman–Crippen LogP) is 1.79. The van der Waals surface area contributed by atoms with Gasteiger partial charge in [0, 0.05) is 24.3 Å². The number of amides is 1. The van der Waals surface area contributed by atoms with E-state index >= 15 is 0 Å². The van der Waals surface area contributed by atoms with Gasteiger partial charge in [0.15, 0.2) is 0 Å². The standard InChI is InChI=1S/C15H13N3O2/c19-14-12-4-2-1-3-11(12)7-13(18-14)15(20)17-9-10-5-6-16-8-10/h1-8,16H,9H2,(H,17,20)(H,18,19). The van der Waals surface area contributed by atoms with Crippen LogP contribution in [0, 0.1) is 0 Å². The number of carbonyl (C=O) groups is 1. The zero-order chi connectivity index (χ0) is 13.9. The topological polar surface area (TPSA) is 77.8 Å². The van der Waals surface area contributed by atoms with E-state index in [1.807, 2.05) is 24.4 Å². The molecule has 2 aromatic heterocycles. The lowest BCUT2D eigenvalue weighted by Gasteiger charge is -2.05. The number of carbonyl (C=O) groups excluding carboxylic acids is 1. The van der Waals surface area contributed by atoms with Gasteiger partial charge in [0.05, 0.1) is 0 Å². The van der Waals surface area contributed by atoms with Crippen LogP contribution in [0.3, 0.4) is 0 Å². The second kappa shape index (κ2) is 5.05. The number of hydrogen-bond donors (Lipinski definition) is 3. The fourth-order valence-corrected chi connectivity index (χ4v) is 2.08. The average molecular weight is 267 g/mol. The second-order valence-electron chi connectivity index (χ2n) is 4.50. The summed E-state index contributed by atoms with van der Waals surface area (Å²) >= 11 is 0. The summed E-state index contributed by atoms with van der Waals surface area (Å²) in [5, 5.41) is 4.10. The Labute approximate surface area is 114 Å². The molecule has 0 radical (unpaired) electrons. The number of benzene rings is 1. The maximum absolute atomic E-state index is 12.0. The van der Waals surface area contributed by atoms with Gasteiger partial charge in [-0.15, -0.1) is 0 Å². The molecule has 5 nitrogen and oxygen atoms in total. The van der Waals surface area contributed by atoms with E-state index < -0.39 is 0 Å². The van der Waals surface area contributed by atoms with Crippen molar-refractivity contribution in [2.75, 3.05) is 0 Å². The summed E-state index contributed by atoms with van der Waals surface area (Å²) in [6.07, 6.45) is 3.60. The zero-order valence-corrected chi connectivity index (χ0v) is 10.6. The molecule has 0 unspecified atom stereocenters. The van der Waals surface area contributed by atoms with Crippen molar-refractivity contribution in [2.24, 2.45) is 0 Å². The van der Waals surface area contributed by atoms with Crippen LogP contribution in [0.1, 0.15) is 16.1 Å². The molecule has 2 heterocycles. The number of hydrogen-bond acceptors (Lipinski definition) is 2. The van der Waals surface area contributed by atoms with Crippen LogP contribution in [0.25, 0.3) is 10.8 Å². The van der Waals surface area contributed by atoms with Crippen LogP contribution >= 0.6 is 0 Å².